The van der Waals surface area contributed by atoms with Crippen LogP contribution < -0.4 is 9.62 Å². The molecule has 1 heterocycles. The lowest BCUT2D eigenvalue weighted by Crippen LogP contribution is -2.30. The maximum Gasteiger partial charge on any atom is 0.233 e. The van der Waals surface area contributed by atoms with Crippen molar-refractivity contribution in [3.63, 3.8) is 0 Å². The quantitative estimate of drug-likeness (QED) is 0.664. The van der Waals surface area contributed by atoms with Crippen molar-refractivity contribution in [3.05, 3.63) is 90.0 Å². The Hall–Kier alpha value is -3.12. The molecule has 3 aromatic rings. The second kappa shape index (κ2) is 8.09. The van der Waals surface area contributed by atoms with Crippen LogP contribution in [0.2, 0.25) is 0 Å². The van der Waals surface area contributed by atoms with Crippen molar-refractivity contribution in [1.29, 1.82) is 0 Å². The predicted octanol–water partition coefficient (Wildman–Crippen LogP) is 4.28. The molecule has 0 spiro atoms. The Bertz CT molecular complexity index is 1110. The van der Waals surface area contributed by atoms with E-state index in [2.05, 4.69) is 4.72 Å². The van der Waals surface area contributed by atoms with Crippen LogP contribution >= 0.6 is 0 Å². The molecule has 0 aromatic heterocycles. The molecule has 148 valence electrons. The zero-order valence-electron chi connectivity index (χ0n) is 15.9. The van der Waals surface area contributed by atoms with E-state index in [0.717, 1.165) is 22.5 Å². The van der Waals surface area contributed by atoms with E-state index in [1.807, 2.05) is 72.8 Å². The van der Waals surface area contributed by atoms with Gasteiger partial charge < -0.3 is 0 Å². The van der Waals surface area contributed by atoms with Gasteiger partial charge in [-0.05, 0) is 54.3 Å². The Morgan fingerprint density at radius 3 is 2.28 bits per heavy atom. The summed E-state index contributed by atoms with van der Waals surface area (Å²) in [7, 11) is -3.47. The van der Waals surface area contributed by atoms with Crippen molar-refractivity contribution in [3.8, 4) is 0 Å². The van der Waals surface area contributed by atoms with Crippen LogP contribution in [0, 0.1) is 0 Å². The van der Waals surface area contributed by atoms with Gasteiger partial charge >= 0.3 is 0 Å². The number of sulfonamides is 1. The summed E-state index contributed by atoms with van der Waals surface area (Å²) in [6, 6.07) is 24.4. The minimum Gasteiger partial charge on any atom is -0.284 e. The number of hydrogen-bond donors (Lipinski definition) is 1. The molecule has 0 atom stereocenters. The van der Waals surface area contributed by atoms with E-state index < -0.39 is 10.0 Å². The first-order chi connectivity index (χ1) is 14.0. The summed E-state index contributed by atoms with van der Waals surface area (Å²) in [5.74, 6) is 0.0582. The molecule has 1 aliphatic heterocycles. The van der Waals surface area contributed by atoms with Crippen LogP contribution in [-0.2, 0) is 27.7 Å². The van der Waals surface area contributed by atoms with E-state index >= 15 is 0 Å². The van der Waals surface area contributed by atoms with Crippen molar-refractivity contribution < 1.29 is 13.2 Å². The van der Waals surface area contributed by atoms with Gasteiger partial charge in [0.1, 0.15) is 0 Å². The van der Waals surface area contributed by atoms with E-state index in [1.165, 1.54) is 0 Å². The molecule has 0 unspecified atom stereocenters. The molecule has 0 aliphatic carbocycles. The number of fused-ring (bicyclic) bond motifs is 1. The number of carbonyl (C=O) groups is 1. The largest absolute Gasteiger partial charge is 0.284 e. The summed E-state index contributed by atoms with van der Waals surface area (Å²) in [4.78, 5) is 14.2. The summed E-state index contributed by atoms with van der Waals surface area (Å²) in [6.45, 7) is 0. The number of carbonyl (C=O) groups excluding carboxylic acids is 1. The number of para-hydroxylation sites is 1. The fourth-order valence-electron chi connectivity index (χ4n) is 3.54. The van der Waals surface area contributed by atoms with Gasteiger partial charge in [-0.25, -0.2) is 8.42 Å². The molecule has 0 radical (unpaired) electrons. The van der Waals surface area contributed by atoms with Gasteiger partial charge in [0, 0.05) is 17.8 Å². The Morgan fingerprint density at radius 1 is 0.862 bits per heavy atom. The topological polar surface area (TPSA) is 66.5 Å². The third-order valence-corrected chi connectivity index (χ3v) is 6.26. The maximum atomic E-state index is 12.5. The second-order valence-electron chi connectivity index (χ2n) is 7.06. The third-order valence-electron chi connectivity index (χ3n) is 4.97. The van der Waals surface area contributed by atoms with E-state index in [0.29, 0.717) is 24.9 Å². The highest BCUT2D eigenvalue weighted by molar-refractivity contribution is 7.92. The van der Waals surface area contributed by atoms with Gasteiger partial charge in [-0.15, -0.1) is 0 Å². The van der Waals surface area contributed by atoms with Crippen molar-refractivity contribution in [1.82, 2.24) is 0 Å². The Balaban J connectivity index is 1.53. The summed E-state index contributed by atoms with van der Waals surface area (Å²) in [5, 5.41) is 0. The highest BCUT2D eigenvalue weighted by Crippen LogP contribution is 2.35. The summed E-state index contributed by atoms with van der Waals surface area (Å²) < 4.78 is 27.7. The van der Waals surface area contributed by atoms with Crippen LogP contribution in [0.1, 0.15) is 17.5 Å². The van der Waals surface area contributed by atoms with Gasteiger partial charge in [0.2, 0.25) is 15.9 Å². The molecule has 0 saturated carbocycles. The van der Waals surface area contributed by atoms with Crippen molar-refractivity contribution in [2.24, 2.45) is 0 Å². The average molecular weight is 407 g/mol. The number of amides is 1. The minimum absolute atomic E-state index is 0.0166. The second-order valence-corrected chi connectivity index (χ2v) is 8.91. The van der Waals surface area contributed by atoms with Crippen LogP contribution in [0.4, 0.5) is 17.1 Å². The number of aryl methyl sites for hydroxylation is 2. The van der Waals surface area contributed by atoms with Gasteiger partial charge in [-0.1, -0.05) is 48.5 Å². The van der Waals surface area contributed by atoms with Crippen molar-refractivity contribution in [2.75, 3.05) is 15.4 Å². The molecule has 0 saturated heterocycles. The molecular formula is C23H22N2O3S. The predicted molar refractivity (Wildman–Crippen MR) is 116 cm³/mol. The van der Waals surface area contributed by atoms with Crippen molar-refractivity contribution >= 4 is 33.0 Å². The number of nitrogens with one attached hydrogen (secondary N) is 1. The first kappa shape index (κ1) is 19.2. The maximum absolute atomic E-state index is 12.5. The van der Waals surface area contributed by atoms with Crippen LogP contribution in [-0.4, -0.2) is 20.1 Å². The molecule has 0 fully saturated rings. The Labute approximate surface area is 171 Å². The molecule has 1 amide bonds. The van der Waals surface area contributed by atoms with Crippen LogP contribution in [0.3, 0.4) is 0 Å². The molecule has 6 heteroatoms. The fraction of sp³-hybridized carbons (Fsp3) is 0.174. The summed E-state index contributed by atoms with van der Waals surface area (Å²) >= 11 is 0. The number of benzene rings is 3. The SMILES string of the molecule is O=C1CCc2cc(NS(=O)(=O)CCc3ccccc3)ccc2N1c1ccccc1. The molecule has 1 aliphatic rings. The van der Waals surface area contributed by atoms with E-state index in [9.17, 15) is 13.2 Å². The summed E-state index contributed by atoms with van der Waals surface area (Å²) in [5.41, 5.74) is 4.09. The highest BCUT2D eigenvalue weighted by atomic mass is 32.2. The van der Waals surface area contributed by atoms with E-state index in [-0.39, 0.29) is 11.7 Å². The van der Waals surface area contributed by atoms with Gasteiger partial charge in [0.15, 0.2) is 0 Å². The normalized spacial score (nSPS) is 13.8. The van der Waals surface area contributed by atoms with Gasteiger partial charge in [0.25, 0.3) is 0 Å². The third kappa shape index (κ3) is 4.49. The average Bonchev–Trinajstić information content (AvgIpc) is 2.73. The lowest BCUT2D eigenvalue weighted by atomic mass is 10.00. The molecule has 5 nitrogen and oxygen atoms in total. The standard InChI is InChI=1S/C23H22N2O3S/c26-23-14-11-19-17-20(12-13-22(19)25(23)21-9-5-2-6-10-21)24-29(27,28)16-15-18-7-3-1-4-8-18/h1-10,12-13,17,24H,11,14-16H2. The van der Waals surface area contributed by atoms with Crippen LogP contribution in [0.25, 0.3) is 0 Å². The van der Waals surface area contributed by atoms with Gasteiger partial charge in [0.05, 0.1) is 11.4 Å². The van der Waals surface area contributed by atoms with Gasteiger partial charge in [-0.2, -0.15) is 0 Å². The Morgan fingerprint density at radius 2 is 1.55 bits per heavy atom. The van der Waals surface area contributed by atoms with Gasteiger partial charge in [-0.3, -0.25) is 14.4 Å². The molecule has 3 aromatic carbocycles. The number of rotatable bonds is 6. The molecule has 29 heavy (non-hydrogen) atoms. The Kier molecular flexibility index (Phi) is 5.36. The zero-order chi connectivity index (χ0) is 20.3. The smallest absolute Gasteiger partial charge is 0.233 e. The monoisotopic (exact) mass is 406 g/mol. The minimum atomic E-state index is -3.47. The van der Waals surface area contributed by atoms with Crippen LogP contribution in [0.5, 0.6) is 0 Å². The first-order valence-electron chi connectivity index (χ1n) is 9.57. The molecule has 4 rings (SSSR count). The molecule has 0 bridgehead atoms. The van der Waals surface area contributed by atoms with Crippen molar-refractivity contribution in [2.45, 2.75) is 19.3 Å². The lowest BCUT2D eigenvalue weighted by Gasteiger charge is -2.30. The number of hydrogen-bond acceptors (Lipinski definition) is 3. The lowest BCUT2D eigenvalue weighted by molar-refractivity contribution is -0.118. The first-order valence-corrected chi connectivity index (χ1v) is 11.2. The van der Waals surface area contributed by atoms with E-state index in [1.54, 1.807) is 11.0 Å². The highest BCUT2D eigenvalue weighted by Gasteiger charge is 2.26. The van der Waals surface area contributed by atoms with E-state index in [4.69, 9.17) is 0 Å². The zero-order valence-corrected chi connectivity index (χ0v) is 16.7. The molecular weight excluding hydrogens is 384 g/mol. The fourth-order valence-corrected chi connectivity index (χ4v) is 4.64. The van der Waals surface area contributed by atoms with Crippen LogP contribution in [0.15, 0.2) is 78.9 Å². The number of anilines is 3. The number of nitrogens with zero attached hydrogens (tertiary/aromatic N) is 1. The molecule has 1 N–H and O–H groups in total. The summed E-state index contributed by atoms with van der Waals surface area (Å²) in [6.07, 6.45) is 1.45.